The number of nitrogens with zero attached hydrogens (tertiary/aromatic N) is 1. The molecule has 0 aromatic heterocycles. The normalized spacial score (nSPS) is 32.4. The number of hydrogen-bond acceptors (Lipinski definition) is 2. The molecule has 2 nitrogen and oxygen atoms in total. The number of rotatable bonds is 4. The van der Waals surface area contributed by atoms with Gasteiger partial charge in [0, 0.05) is 13.1 Å². The molecular weight excluding hydrogens is 198 g/mol. The van der Waals surface area contributed by atoms with E-state index >= 15 is 0 Å². The highest BCUT2D eigenvalue weighted by Gasteiger charge is 2.25. The molecule has 0 amide bonds. The van der Waals surface area contributed by atoms with Crippen LogP contribution in [0, 0.1) is 11.8 Å². The Labute approximate surface area is 100 Å². The summed E-state index contributed by atoms with van der Waals surface area (Å²) < 4.78 is 0. The largest absolute Gasteiger partial charge is 0.393 e. The second-order valence-corrected chi connectivity index (χ2v) is 5.98. The van der Waals surface area contributed by atoms with E-state index in [1.54, 1.807) is 0 Å². The van der Waals surface area contributed by atoms with Crippen molar-refractivity contribution in [2.75, 3.05) is 20.1 Å². The topological polar surface area (TPSA) is 23.5 Å². The summed E-state index contributed by atoms with van der Waals surface area (Å²) in [5.74, 6) is 1.48. The van der Waals surface area contributed by atoms with Crippen molar-refractivity contribution in [3.05, 3.63) is 0 Å². The number of hydrogen-bond donors (Lipinski definition) is 1. The van der Waals surface area contributed by atoms with Gasteiger partial charge in [-0.15, -0.1) is 0 Å². The number of aliphatic hydroxyl groups is 1. The maximum absolute atomic E-state index is 9.95. The van der Waals surface area contributed by atoms with Crippen LogP contribution >= 0.6 is 0 Å². The lowest BCUT2D eigenvalue weighted by molar-refractivity contribution is 0.0489. The lowest BCUT2D eigenvalue weighted by Crippen LogP contribution is -2.36. The van der Waals surface area contributed by atoms with Crippen LogP contribution in [-0.2, 0) is 0 Å². The van der Waals surface area contributed by atoms with Gasteiger partial charge in [-0.1, -0.05) is 25.7 Å². The molecule has 0 aromatic carbocycles. The van der Waals surface area contributed by atoms with Gasteiger partial charge < -0.3 is 10.0 Å². The van der Waals surface area contributed by atoms with E-state index in [2.05, 4.69) is 11.9 Å². The SMILES string of the molecule is CN(CC1CCCC1)CC1CCCCC1O. The maximum atomic E-state index is 9.95. The monoisotopic (exact) mass is 225 g/mol. The van der Waals surface area contributed by atoms with E-state index in [9.17, 15) is 5.11 Å². The van der Waals surface area contributed by atoms with E-state index in [1.165, 1.54) is 51.5 Å². The van der Waals surface area contributed by atoms with Crippen LogP contribution in [0.3, 0.4) is 0 Å². The molecule has 0 heterocycles. The summed E-state index contributed by atoms with van der Waals surface area (Å²) in [6.07, 6.45) is 10.5. The van der Waals surface area contributed by atoms with E-state index in [1.807, 2.05) is 0 Å². The second-order valence-electron chi connectivity index (χ2n) is 5.98. The van der Waals surface area contributed by atoms with Gasteiger partial charge in [-0.05, 0) is 44.6 Å². The average Bonchev–Trinajstić information content (AvgIpc) is 2.74. The van der Waals surface area contributed by atoms with Gasteiger partial charge in [0.15, 0.2) is 0 Å². The van der Waals surface area contributed by atoms with Gasteiger partial charge in [0.2, 0.25) is 0 Å². The fourth-order valence-electron chi connectivity index (χ4n) is 3.51. The standard InChI is InChI=1S/C14H27NO/c1-15(10-12-6-2-3-7-12)11-13-8-4-5-9-14(13)16/h12-14,16H,2-11H2,1H3. The molecule has 16 heavy (non-hydrogen) atoms. The zero-order chi connectivity index (χ0) is 11.4. The molecule has 2 unspecified atom stereocenters. The first-order chi connectivity index (χ1) is 7.75. The second kappa shape index (κ2) is 6.02. The Kier molecular flexibility index (Phi) is 4.66. The van der Waals surface area contributed by atoms with Crippen LogP contribution in [0.25, 0.3) is 0 Å². The maximum Gasteiger partial charge on any atom is 0.0580 e. The highest BCUT2D eigenvalue weighted by molar-refractivity contribution is 4.78. The van der Waals surface area contributed by atoms with Gasteiger partial charge in [0.25, 0.3) is 0 Å². The zero-order valence-corrected chi connectivity index (χ0v) is 10.7. The molecule has 0 aromatic rings. The number of aliphatic hydroxyl groups excluding tert-OH is 1. The highest BCUT2D eigenvalue weighted by atomic mass is 16.3. The lowest BCUT2D eigenvalue weighted by Gasteiger charge is -2.32. The molecule has 0 aliphatic heterocycles. The Balaban J connectivity index is 1.70. The van der Waals surface area contributed by atoms with E-state index in [-0.39, 0.29) is 6.10 Å². The van der Waals surface area contributed by atoms with Gasteiger partial charge >= 0.3 is 0 Å². The first-order valence-electron chi connectivity index (χ1n) is 7.12. The van der Waals surface area contributed by atoms with Gasteiger partial charge in [-0.3, -0.25) is 0 Å². The predicted octanol–water partition coefficient (Wildman–Crippen LogP) is 2.66. The van der Waals surface area contributed by atoms with Crippen LogP contribution in [0.5, 0.6) is 0 Å². The molecule has 0 saturated heterocycles. The quantitative estimate of drug-likeness (QED) is 0.795. The van der Waals surface area contributed by atoms with E-state index in [0.29, 0.717) is 5.92 Å². The molecule has 2 rings (SSSR count). The Morgan fingerprint density at radius 3 is 2.25 bits per heavy atom. The Bertz CT molecular complexity index is 201. The van der Waals surface area contributed by atoms with Crippen LogP contribution in [0.4, 0.5) is 0 Å². The van der Waals surface area contributed by atoms with Crippen molar-refractivity contribution in [3.8, 4) is 0 Å². The summed E-state index contributed by atoms with van der Waals surface area (Å²) in [7, 11) is 2.24. The van der Waals surface area contributed by atoms with Gasteiger partial charge in [-0.25, -0.2) is 0 Å². The fourth-order valence-corrected chi connectivity index (χ4v) is 3.51. The van der Waals surface area contributed by atoms with E-state index in [4.69, 9.17) is 0 Å². The molecule has 2 fully saturated rings. The van der Waals surface area contributed by atoms with Crippen molar-refractivity contribution in [2.24, 2.45) is 11.8 Å². The van der Waals surface area contributed by atoms with Crippen LogP contribution in [0.15, 0.2) is 0 Å². The molecule has 1 N–H and O–H groups in total. The molecule has 2 saturated carbocycles. The smallest absolute Gasteiger partial charge is 0.0580 e. The molecule has 2 aliphatic rings. The first-order valence-corrected chi connectivity index (χ1v) is 7.12. The minimum atomic E-state index is -0.0280. The highest BCUT2D eigenvalue weighted by Crippen LogP contribution is 2.28. The van der Waals surface area contributed by atoms with E-state index in [0.717, 1.165) is 18.9 Å². The van der Waals surface area contributed by atoms with E-state index < -0.39 is 0 Å². The average molecular weight is 225 g/mol. The summed E-state index contributed by atoms with van der Waals surface area (Å²) in [6, 6.07) is 0. The van der Waals surface area contributed by atoms with Crippen molar-refractivity contribution in [1.82, 2.24) is 4.90 Å². The van der Waals surface area contributed by atoms with Crippen molar-refractivity contribution >= 4 is 0 Å². The third-order valence-corrected chi connectivity index (χ3v) is 4.46. The zero-order valence-electron chi connectivity index (χ0n) is 10.7. The fraction of sp³-hybridized carbons (Fsp3) is 1.00. The molecule has 2 atom stereocenters. The van der Waals surface area contributed by atoms with Gasteiger partial charge in [0.1, 0.15) is 0 Å². The summed E-state index contributed by atoms with van der Waals surface area (Å²) in [5, 5.41) is 9.95. The molecule has 0 radical (unpaired) electrons. The van der Waals surface area contributed by atoms with Crippen LogP contribution in [0.2, 0.25) is 0 Å². The molecule has 2 heteroatoms. The summed E-state index contributed by atoms with van der Waals surface area (Å²) >= 11 is 0. The molecule has 94 valence electrons. The first kappa shape index (κ1) is 12.4. The van der Waals surface area contributed by atoms with Crippen molar-refractivity contribution < 1.29 is 5.11 Å². The van der Waals surface area contributed by atoms with Crippen molar-refractivity contribution in [1.29, 1.82) is 0 Å². The molecule has 0 spiro atoms. The Morgan fingerprint density at radius 1 is 0.938 bits per heavy atom. The summed E-state index contributed by atoms with van der Waals surface area (Å²) in [6.45, 7) is 2.36. The minimum Gasteiger partial charge on any atom is -0.393 e. The van der Waals surface area contributed by atoms with Crippen molar-refractivity contribution in [3.63, 3.8) is 0 Å². The van der Waals surface area contributed by atoms with Crippen LogP contribution in [-0.4, -0.2) is 36.2 Å². The minimum absolute atomic E-state index is 0.0280. The molecular formula is C14H27NO. The third-order valence-electron chi connectivity index (χ3n) is 4.46. The van der Waals surface area contributed by atoms with Crippen LogP contribution < -0.4 is 0 Å². The van der Waals surface area contributed by atoms with Gasteiger partial charge in [0.05, 0.1) is 6.10 Å². The molecule has 2 aliphatic carbocycles. The molecule has 0 bridgehead atoms. The van der Waals surface area contributed by atoms with Crippen LogP contribution in [0.1, 0.15) is 51.4 Å². The summed E-state index contributed by atoms with van der Waals surface area (Å²) in [4.78, 5) is 2.47. The Morgan fingerprint density at radius 2 is 1.56 bits per heavy atom. The predicted molar refractivity (Wildman–Crippen MR) is 67.4 cm³/mol. The summed E-state index contributed by atoms with van der Waals surface area (Å²) in [5.41, 5.74) is 0. The van der Waals surface area contributed by atoms with Gasteiger partial charge in [-0.2, -0.15) is 0 Å². The Hall–Kier alpha value is -0.0800. The lowest BCUT2D eigenvalue weighted by atomic mass is 9.86. The third kappa shape index (κ3) is 3.46. The van der Waals surface area contributed by atoms with Crippen molar-refractivity contribution in [2.45, 2.75) is 57.5 Å².